The highest BCUT2D eigenvalue weighted by atomic mass is 79.9. The Bertz CT molecular complexity index is 342. The molecule has 1 aromatic carbocycles. The van der Waals surface area contributed by atoms with Gasteiger partial charge in [-0.1, -0.05) is 28.8 Å². The van der Waals surface area contributed by atoms with Crippen molar-refractivity contribution in [2.45, 2.75) is 19.4 Å². The van der Waals surface area contributed by atoms with Gasteiger partial charge < -0.3 is 10.1 Å². The SMILES string of the molecule is C#CC(CC)NCCOc1ccc(Br)cc1. The summed E-state index contributed by atoms with van der Waals surface area (Å²) in [6.45, 7) is 3.45. The number of rotatable bonds is 6. The van der Waals surface area contributed by atoms with Gasteiger partial charge in [-0.15, -0.1) is 6.42 Å². The number of halogens is 1. The maximum atomic E-state index is 5.55. The van der Waals surface area contributed by atoms with Crippen LogP contribution in [0.3, 0.4) is 0 Å². The number of ether oxygens (including phenoxy) is 1. The molecule has 1 N–H and O–H groups in total. The average molecular weight is 282 g/mol. The molecule has 0 aliphatic heterocycles. The summed E-state index contributed by atoms with van der Waals surface area (Å²) in [4.78, 5) is 0. The Labute approximate surface area is 106 Å². The van der Waals surface area contributed by atoms with Crippen LogP contribution in [0.15, 0.2) is 28.7 Å². The monoisotopic (exact) mass is 281 g/mol. The van der Waals surface area contributed by atoms with E-state index in [0.717, 1.165) is 23.2 Å². The molecule has 1 unspecified atom stereocenters. The molecule has 0 amide bonds. The molecule has 86 valence electrons. The van der Waals surface area contributed by atoms with Crippen molar-refractivity contribution in [3.05, 3.63) is 28.7 Å². The Hall–Kier alpha value is -0.980. The molecule has 0 aromatic heterocycles. The highest BCUT2D eigenvalue weighted by Gasteiger charge is 1.99. The summed E-state index contributed by atoms with van der Waals surface area (Å²) in [5.74, 6) is 3.56. The van der Waals surface area contributed by atoms with E-state index in [0.29, 0.717) is 6.61 Å². The lowest BCUT2D eigenvalue weighted by Gasteiger charge is -2.11. The van der Waals surface area contributed by atoms with Gasteiger partial charge in [0.1, 0.15) is 12.4 Å². The normalized spacial score (nSPS) is 11.8. The second-order valence-electron chi connectivity index (χ2n) is 3.38. The molecule has 3 heteroatoms. The minimum Gasteiger partial charge on any atom is -0.492 e. The van der Waals surface area contributed by atoms with Crippen LogP contribution in [0.4, 0.5) is 0 Å². The second-order valence-corrected chi connectivity index (χ2v) is 4.30. The fourth-order valence-electron chi connectivity index (χ4n) is 1.25. The van der Waals surface area contributed by atoms with Crippen LogP contribution in [0.5, 0.6) is 5.75 Å². The van der Waals surface area contributed by atoms with E-state index < -0.39 is 0 Å². The van der Waals surface area contributed by atoms with Crippen LogP contribution in [-0.2, 0) is 0 Å². The Morgan fingerprint density at radius 3 is 2.69 bits per heavy atom. The smallest absolute Gasteiger partial charge is 0.119 e. The van der Waals surface area contributed by atoms with Gasteiger partial charge in [0.05, 0.1) is 6.04 Å². The van der Waals surface area contributed by atoms with E-state index >= 15 is 0 Å². The predicted octanol–water partition coefficient (Wildman–Crippen LogP) is 2.83. The van der Waals surface area contributed by atoms with Crippen LogP contribution in [0.25, 0.3) is 0 Å². The Morgan fingerprint density at radius 2 is 2.12 bits per heavy atom. The zero-order chi connectivity index (χ0) is 11.8. The second kappa shape index (κ2) is 7.32. The van der Waals surface area contributed by atoms with Crippen LogP contribution in [0.1, 0.15) is 13.3 Å². The highest BCUT2D eigenvalue weighted by Crippen LogP contribution is 2.15. The zero-order valence-corrected chi connectivity index (χ0v) is 11.0. The fraction of sp³-hybridized carbons (Fsp3) is 0.385. The van der Waals surface area contributed by atoms with E-state index in [2.05, 4.69) is 34.1 Å². The Morgan fingerprint density at radius 1 is 1.44 bits per heavy atom. The average Bonchev–Trinajstić information content (AvgIpc) is 2.32. The summed E-state index contributed by atoms with van der Waals surface area (Å²) in [7, 11) is 0. The van der Waals surface area contributed by atoms with Gasteiger partial charge in [-0.05, 0) is 30.7 Å². The first-order valence-corrected chi connectivity index (χ1v) is 6.13. The van der Waals surface area contributed by atoms with E-state index in [1.807, 2.05) is 24.3 Å². The standard InChI is InChI=1S/C13H16BrNO/c1-3-12(4-2)15-9-10-16-13-7-5-11(14)6-8-13/h1,5-8,12,15H,4,9-10H2,2H3. The molecule has 0 saturated carbocycles. The summed E-state index contributed by atoms with van der Waals surface area (Å²) < 4.78 is 6.60. The number of nitrogens with one attached hydrogen (secondary N) is 1. The molecule has 1 rings (SSSR count). The van der Waals surface area contributed by atoms with Gasteiger partial charge in [0.2, 0.25) is 0 Å². The first-order chi connectivity index (χ1) is 7.76. The first kappa shape index (κ1) is 13.1. The largest absolute Gasteiger partial charge is 0.492 e. The molecule has 0 aliphatic rings. The van der Waals surface area contributed by atoms with E-state index in [1.165, 1.54) is 0 Å². The maximum absolute atomic E-state index is 5.55. The van der Waals surface area contributed by atoms with Crippen molar-refractivity contribution in [2.75, 3.05) is 13.2 Å². The van der Waals surface area contributed by atoms with E-state index in [1.54, 1.807) is 0 Å². The summed E-state index contributed by atoms with van der Waals surface area (Å²) in [5.41, 5.74) is 0. The quantitative estimate of drug-likeness (QED) is 0.640. The van der Waals surface area contributed by atoms with Crippen molar-refractivity contribution >= 4 is 15.9 Å². The van der Waals surface area contributed by atoms with Crippen molar-refractivity contribution < 1.29 is 4.74 Å². The minimum atomic E-state index is 0.147. The summed E-state index contributed by atoms with van der Waals surface area (Å²) >= 11 is 3.37. The van der Waals surface area contributed by atoms with Crippen LogP contribution >= 0.6 is 15.9 Å². The molecular weight excluding hydrogens is 266 g/mol. The van der Waals surface area contributed by atoms with Crippen molar-refractivity contribution in [1.29, 1.82) is 0 Å². The van der Waals surface area contributed by atoms with E-state index in [-0.39, 0.29) is 6.04 Å². The third-order valence-electron chi connectivity index (χ3n) is 2.18. The molecule has 0 spiro atoms. The highest BCUT2D eigenvalue weighted by molar-refractivity contribution is 9.10. The van der Waals surface area contributed by atoms with Gasteiger partial charge in [-0.3, -0.25) is 0 Å². The zero-order valence-electron chi connectivity index (χ0n) is 9.37. The Kier molecular flexibility index (Phi) is 5.99. The molecule has 0 radical (unpaired) electrons. The van der Waals surface area contributed by atoms with Gasteiger partial charge in [0, 0.05) is 11.0 Å². The fourth-order valence-corrected chi connectivity index (χ4v) is 1.52. The van der Waals surface area contributed by atoms with E-state index in [4.69, 9.17) is 11.2 Å². The van der Waals surface area contributed by atoms with Gasteiger partial charge >= 0.3 is 0 Å². The van der Waals surface area contributed by atoms with Crippen LogP contribution in [0.2, 0.25) is 0 Å². The van der Waals surface area contributed by atoms with Crippen molar-refractivity contribution in [2.24, 2.45) is 0 Å². The molecule has 0 fully saturated rings. The van der Waals surface area contributed by atoms with Crippen molar-refractivity contribution in [3.63, 3.8) is 0 Å². The van der Waals surface area contributed by atoms with Gasteiger partial charge in [0.25, 0.3) is 0 Å². The topological polar surface area (TPSA) is 21.3 Å². The van der Waals surface area contributed by atoms with Crippen molar-refractivity contribution in [3.8, 4) is 18.1 Å². The molecule has 16 heavy (non-hydrogen) atoms. The number of hydrogen-bond donors (Lipinski definition) is 1. The lowest BCUT2D eigenvalue weighted by Crippen LogP contribution is -2.30. The molecule has 0 bridgehead atoms. The van der Waals surface area contributed by atoms with Crippen LogP contribution in [-0.4, -0.2) is 19.2 Å². The predicted molar refractivity (Wildman–Crippen MR) is 70.6 cm³/mol. The number of benzene rings is 1. The summed E-state index contributed by atoms with van der Waals surface area (Å²) in [6.07, 6.45) is 6.27. The molecule has 2 nitrogen and oxygen atoms in total. The molecular formula is C13H16BrNO. The van der Waals surface area contributed by atoms with Crippen LogP contribution in [0, 0.1) is 12.3 Å². The van der Waals surface area contributed by atoms with Crippen molar-refractivity contribution in [1.82, 2.24) is 5.32 Å². The maximum Gasteiger partial charge on any atom is 0.119 e. The summed E-state index contributed by atoms with van der Waals surface area (Å²) in [6, 6.07) is 7.93. The minimum absolute atomic E-state index is 0.147. The Balaban J connectivity index is 2.21. The third kappa shape index (κ3) is 4.69. The molecule has 0 saturated heterocycles. The molecule has 1 atom stereocenters. The lowest BCUT2D eigenvalue weighted by molar-refractivity contribution is 0.310. The molecule has 1 aromatic rings. The lowest BCUT2D eigenvalue weighted by atomic mass is 10.2. The summed E-state index contributed by atoms with van der Waals surface area (Å²) in [5, 5.41) is 3.23. The first-order valence-electron chi connectivity index (χ1n) is 5.34. The molecule has 0 aliphatic carbocycles. The van der Waals surface area contributed by atoms with E-state index in [9.17, 15) is 0 Å². The van der Waals surface area contributed by atoms with Gasteiger partial charge in [0.15, 0.2) is 0 Å². The third-order valence-corrected chi connectivity index (χ3v) is 2.71. The number of terminal acetylenes is 1. The van der Waals surface area contributed by atoms with Crippen LogP contribution < -0.4 is 10.1 Å². The number of hydrogen-bond acceptors (Lipinski definition) is 2. The molecule has 0 heterocycles. The van der Waals surface area contributed by atoms with Gasteiger partial charge in [-0.25, -0.2) is 0 Å². The van der Waals surface area contributed by atoms with Gasteiger partial charge in [-0.2, -0.15) is 0 Å².